The smallest absolute Gasteiger partial charge is 0.250 e. The lowest BCUT2D eigenvalue weighted by atomic mass is 9.81. The molecule has 0 aliphatic carbocycles. The molecule has 9 heteroatoms. The van der Waals surface area contributed by atoms with Gasteiger partial charge in [0, 0.05) is 61.1 Å². The van der Waals surface area contributed by atoms with Gasteiger partial charge in [-0.3, -0.25) is 9.59 Å². The van der Waals surface area contributed by atoms with Crippen molar-refractivity contribution in [2.45, 2.75) is 30.7 Å². The molecule has 1 saturated heterocycles. The van der Waals surface area contributed by atoms with Crippen molar-refractivity contribution in [3.05, 3.63) is 82.5 Å². The first-order valence-corrected chi connectivity index (χ1v) is 12.5. The summed E-state index contributed by atoms with van der Waals surface area (Å²) in [4.78, 5) is 24.1. The second kappa shape index (κ2) is 8.48. The molecule has 0 saturated carbocycles. The lowest BCUT2D eigenvalue weighted by molar-refractivity contribution is -0.114. The van der Waals surface area contributed by atoms with Gasteiger partial charge in [0.15, 0.2) is 0 Å². The zero-order valence-electron chi connectivity index (χ0n) is 18.6. The van der Waals surface area contributed by atoms with Crippen molar-refractivity contribution in [2.75, 3.05) is 18.4 Å². The maximum atomic E-state index is 14.6. The Bertz CT molecular complexity index is 1430. The number of carbonyl (C=O) groups is 1. The average molecular weight is 482 g/mol. The summed E-state index contributed by atoms with van der Waals surface area (Å²) in [5.41, 5.74) is 2.08. The molecule has 176 valence electrons. The minimum Gasteiger partial charge on any atom is -0.326 e. The number of hydrogen-bond acceptors (Lipinski definition) is 4. The normalized spacial score (nSPS) is 19.9. The van der Waals surface area contributed by atoms with Gasteiger partial charge in [0.2, 0.25) is 15.9 Å². The summed E-state index contributed by atoms with van der Waals surface area (Å²) in [6.45, 7) is 2.29. The number of pyridine rings is 1. The zero-order valence-corrected chi connectivity index (χ0v) is 19.4. The molecule has 5 rings (SSSR count). The highest BCUT2D eigenvalue weighted by Crippen LogP contribution is 2.41. The van der Waals surface area contributed by atoms with Crippen LogP contribution in [0.25, 0.3) is 11.1 Å². The third kappa shape index (κ3) is 3.95. The standard InChI is InChI=1S/C25H24FN3O4S/c1-16(30)27-19-6-8-20(9-7-19)34(32,33)28-13-17-12-18(15-28)25-22(10-11-24(31)29(25)14-17)21-4-2-3-5-23(21)26/h2-11,17-18H,12-15H2,1H3,(H,27,30)/t17-,18-/m1/s1. The predicted molar refractivity (Wildman–Crippen MR) is 126 cm³/mol. The van der Waals surface area contributed by atoms with Crippen LogP contribution in [0.4, 0.5) is 10.1 Å². The second-order valence-electron chi connectivity index (χ2n) is 8.89. The molecule has 3 heterocycles. The number of aromatic nitrogens is 1. The molecule has 1 amide bonds. The summed E-state index contributed by atoms with van der Waals surface area (Å²) in [7, 11) is -3.79. The molecular weight excluding hydrogens is 457 g/mol. The van der Waals surface area contributed by atoms with Crippen molar-refractivity contribution >= 4 is 21.6 Å². The van der Waals surface area contributed by atoms with Gasteiger partial charge in [-0.25, -0.2) is 12.8 Å². The van der Waals surface area contributed by atoms with Crippen LogP contribution in [-0.2, 0) is 21.4 Å². The fourth-order valence-corrected chi connectivity index (χ4v) is 6.70. The number of rotatable bonds is 4. The number of halogens is 1. The van der Waals surface area contributed by atoms with Gasteiger partial charge in [-0.05, 0) is 48.7 Å². The van der Waals surface area contributed by atoms with Gasteiger partial charge >= 0.3 is 0 Å². The van der Waals surface area contributed by atoms with Crippen LogP contribution in [-0.4, -0.2) is 36.3 Å². The van der Waals surface area contributed by atoms with Gasteiger partial charge in [-0.15, -0.1) is 0 Å². The minimum absolute atomic E-state index is 0.0201. The Morgan fingerprint density at radius 3 is 2.41 bits per heavy atom. The van der Waals surface area contributed by atoms with E-state index in [1.165, 1.54) is 35.5 Å². The molecule has 1 fully saturated rings. The lowest BCUT2D eigenvalue weighted by Crippen LogP contribution is -2.49. The van der Waals surface area contributed by atoms with E-state index in [1.54, 1.807) is 41.0 Å². The van der Waals surface area contributed by atoms with Gasteiger partial charge in [-0.2, -0.15) is 4.31 Å². The van der Waals surface area contributed by atoms with E-state index in [-0.39, 0.29) is 40.6 Å². The highest BCUT2D eigenvalue weighted by Gasteiger charge is 2.40. The first-order valence-electron chi connectivity index (χ1n) is 11.1. The number of carbonyl (C=O) groups excluding carboxylic acids is 1. The molecule has 1 N–H and O–H groups in total. The fourth-order valence-electron chi connectivity index (χ4n) is 5.14. The number of sulfonamides is 1. The van der Waals surface area contributed by atoms with Crippen LogP contribution in [0.2, 0.25) is 0 Å². The summed E-state index contributed by atoms with van der Waals surface area (Å²) in [5, 5.41) is 2.63. The predicted octanol–water partition coefficient (Wildman–Crippen LogP) is 3.42. The Balaban J connectivity index is 1.51. The van der Waals surface area contributed by atoms with Gasteiger partial charge in [0.1, 0.15) is 5.82 Å². The Kier molecular flexibility index (Phi) is 5.61. The van der Waals surface area contributed by atoms with Crippen molar-refractivity contribution < 1.29 is 17.6 Å². The number of anilines is 1. The van der Waals surface area contributed by atoms with Gasteiger partial charge in [0.05, 0.1) is 4.90 Å². The van der Waals surface area contributed by atoms with E-state index in [1.807, 2.05) is 0 Å². The SMILES string of the molecule is CC(=O)Nc1ccc(S(=O)(=O)N2C[C@H]3C[C@H](C2)c2c(-c4ccccc4F)ccc(=O)n2C3)cc1. The summed E-state index contributed by atoms with van der Waals surface area (Å²) in [6, 6.07) is 15.6. The van der Waals surface area contributed by atoms with Crippen molar-refractivity contribution in [1.29, 1.82) is 0 Å². The molecule has 0 unspecified atom stereocenters. The van der Waals surface area contributed by atoms with Crippen LogP contribution in [0.15, 0.2) is 70.4 Å². The second-order valence-corrected chi connectivity index (χ2v) is 10.8. The largest absolute Gasteiger partial charge is 0.326 e. The van der Waals surface area contributed by atoms with Crippen LogP contribution in [0, 0.1) is 11.7 Å². The van der Waals surface area contributed by atoms with Crippen molar-refractivity contribution in [2.24, 2.45) is 5.92 Å². The van der Waals surface area contributed by atoms with Gasteiger partial charge in [0.25, 0.3) is 5.56 Å². The third-order valence-corrected chi connectivity index (χ3v) is 8.38. The molecule has 2 aliphatic rings. The van der Waals surface area contributed by atoms with E-state index >= 15 is 0 Å². The monoisotopic (exact) mass is 481 g/mol. The molecule has 2 bridgehead atoms. The van der Waals surface area contributed by atoms with Crippen LogP contribution < -0.4 is 10.9 Å². The molecule has 0 spiro atoms. The zero-order chi connectivity index (χ0) is 24.0. The highest BCUT2D eigenvalue weighted by molar-refractivity contribution is 7.89. The molecular formula is C25H24FN3O4S. The van der Waals surface area contributed by atoms with Crippen molar-refractivity contribution in [1.82, 2.24) is 8.87 Å². The summed E-state index contributed by atoms with van der Waals surface area (Å²) in [6.07, 6.45) is 0.735. The van der Waals surface area contributed by atoms with Crippen LogP contribution in [0.5, 0.6) is 0 Å². The highest BCUT2D eigenvalue weighted by atomic mass is 32.2. The topological polar surface area (TPSA) is 88.5 Å². The number of piperidine rings is 1. The fraction of sp³-hybridized carbons (Fsp3) is 0.280. The number of amides is 1. The first kappa shape index (κ1) is 22.5. The molecule has 2 atom stereocenters. The molecule has 34 heavy (non-hydrogen) atoms. The lowest BCUT2D eigenvalue weighted by Gasteiger charge is -2.42. The first-order chi connectivity index (χ1) is 16.2. The minimum atomic E-state index is -3.79. The van der Waals surface area contributed by atoms with E-state index < -0.39 is 10.0 Å². The Labute approximate surface area is 196 Å². The van der Waals surface area contributed by atoms with Crippen LogP contribution >= 0.6 is 0 Å². The Morgan fingerprint density at radius 1 is 0.971 bits per heavy atom. The number of nitrogens with zero attached hydrogens (tertiary/aromatic N) is 2. The van der Waals surface area contributed by atoms with Gasteiger partial charge in [-0.1, -0.05) is 18.2 Å². The van der Waals surface area contributed by atoms with E-state index in [2.05, 4.69) is 5.32 Å². The number of hydrogen-bond donors (Lipinski definition) is 1. The number of benzene rings is 2. The van der Waals surface area contributed by atoms with E-state index in [9.17, 15) is 22.4 Å². The quantitative estimate of drug-likeness (QED) is 0.619. The average Bonchev–Trinajstić information content (AvgIpc) is 2.80. The Hall–Kier alpha value is -3.30. The van der Waals surface area contributed by atoms with E-state index in [0.717, 1.165) is 6.42 Å². The molecule has 2 aliphatic heterocycles. The van der Waals surface area contributed by atoms with Gasteiger partial charge < -0.3 is 9.88 Å². The number of fused-ring (bicyclic) bond motifs is 4. The van der Waals surface area contributed by atoms with E-state index in [0.29, 0.717) is 35.6 Å². The molecule has 3 aromatic rings. The third-order valence-electron chi connectivity index (χ3n) is 6.53. The summed E-state index contributed by atoms with van der Waals surface area (Å²) in [5.74, 6) is -0.873. The van der Waals surface area contributed by atoms with Crippen molar-refractivity contribution in [3.63, 3.8) is 0 Å². The van der Waals surface area contributed by atoms with E-state index in [4.69, 9.17) is 0 Å². The molecule has 2 aromatic carbocycles. The maximum absolute atomic E-state index is 14.6. The van der Waals surface area contributed by atoms with Crippen LogP contribution in [0.3, 0.4) is 0 Å². The molecule has 0 radical (unpaired) electrons. The maximum Gasteiger partial charge on any atom is 0.250 e. The Morgan fingerprint density at radius 2 is 1.71 bits per heavy atom. The summed E-state index contributed by atoms with van der Waals surface area (Å²) < 4.78 is 44.7. The number of nitrogens with one attached hydrogen (secondary N) is 1. The van der Waals surface area contributed by atoms with Crippen LogP contribution in [0.1, 0.15) is 25.0 Å². The van der Waals surface area contributed by atoms with Crippen molar-refractivity contribution in [3.8, 4) is 11.1 Å². The summed E-state index contributed by atoms with van der Waals surface area (Å²) >= 11 is 0. The molecule has 1 aromatic heterocycles. The molecule has 7 nitrogen and oxygen atoms in total.